The third kappa shape index (κ3) is 4.22. The Morgan fingerprint density at radius 1 is 1.35 bits per heavy atom. The van der Waals surface area contributed by atoms with Gasteiger partial charge in [-0.05, 0) is 32.0 Å². The summed E-state index contributed by atoms with van der Waals surface area (Å²) in [4.78, 5) is 14.1. The van der Waals surface area contributed by atoms with Crippen molar-refractivity contribution in [3.63, 3.8) is 0 Å². The van der Waals surface area contributed by atoms with Gasteiger partial charge in [0.25, 0.3) is 5.91 Å². The molecule has 0 aliphatic carbocycles. The van der Waals surface area contributed by atoms with E-state index in [2.05, 4.69) is 10.2 Å². The summed E-state index contributed by atoms with van der Waals surface area (Å²) >= 11 is 5.88. The van der Waals surface area contributed by atoms with Crippen molar-refractivity contribution in [2.24, 2.45) is 0 Å². The first-order chi connectivity index (χ1) is 10.7. The van der Waals surface area contributed by atoms with Gasteiger partial charge in [-0.3, -0.25) is 4.79 Å². The number of rotatable bonds is 4. The Bertz CT molecular complexity index is 714. The highest BCUT2D eigenvalue weighted by molar-refractivity contribution is 6.30. The molecule has 0 aliphatic heterocycles. The summed E-state index contributed by atoms with van der Waals surface area (Å²) in [6.45, 7) is 1.58. The Hall–Kier alpha value is -2.09. The second kappa shape index (κ2) is 6.57. The Morgan fingerprint density at radius 2 is 2.04 bits per heavy atom. The molecule has 1 aromatic heterocycles. The number of hydrogen-bond acceptors (Lipinski definition) is 3. The Kier molecular flexibility index (Phi) is 4.93. The quantitative estimate of drug-likeness (QED) is 0.854. The van der Waals surface area contributed by atoms with Crippen LogP contribution in [-0.2, 0) is 0 Å². The summed E-state index contributed by atoms with van der Waals surface area (Å²) in [6, 6.07) is 6.60. The summed E-state index contributed by atoms with van der Waals surface area (Å²) in [6.07, 6.45) is -4.47. The van der Waals surface area contributed by atoms with Crippen molar-refractivity contribution in [2.75, 3.05) is 13.1 Å². The molecule has 0 spiro atoms. The molecule has 2 rings (SSSR count). The molecule has 0 bridgehead atoms. The molecule has 0 N–H and O–H groups in total. The number of aromatic nitrogens is 3. The molecule has 0 radical (unpaired) electrons. The molecule has 0 unspecified atom stereocenters. The molecule has 1 aromatic carbocycles. The fraction of sp³-hybridized carbons (Fsp3) is 0.357. The van der Waals surface area contributed by atoms with Gasteiger partial charge in [-0.15, -0.1) is 5.10 Å². The third-order valence-electron chi connectivity index (χ3n) is 3.06. The lowest BCUT2D eigenvalue weighted by Crippen LogP contribution is -2.39. The third-order valence-corrected chi connectivity index (χ3v) is 3.30. The van der Waals surface area contributed by atoms with Crippen molar-refractivity contribution >= 4 is 17.5 Å². The number of aryl methyl sites for hydroxylation is 1. The average molecular weight is 347 g/mol. The van der Waals surface area contributed by atoms with E-state index in [-0.39, 0.29) is 17.9 Å². The van der Waals surface area contributed by atoms with Gasteiger partial charge in [-0.1, -0.05) is 17.7 Å². The van der Waals surface area contributed by atoms with Crippen molar-refractivity contribution < 1.29 is 18.0 Å². The van der Waals surface area contributed by atoms with Gasteiger partial charge >= 0.3 is 6.18 Å². The van der Waals surface area contributed by atoms with Crippen LogP contribution >= 0.6 is 11.6 Å². The second-order valence-electron chi connectivity index (χ2n) is 4.84. The van der Waals surface area contributed by atoms with Gasteiger partial charge in [-0.25, -0.2) is 0 Å². The molecule has 2 aromatic rings. The number of carbonyl (C=O) groups excluding carboxylic acids is 1. The standard InChI is InChI=1S/C14H14ClF3N4O/c1-3-21(8-14(16,17)18)13(23)12-9(2)19-22(20-12)11-6-4-5-10(15)7-11/h4-7H,3,8H2,1-2H3. The number of amides is 1. The molecule has 0 atom stereocenters. The largest absolute Gasteiger partial charge is 0.406 e. The minimum Gasteiger partial charge on any atom is -0.328 e. The van der Waals surface area contributed by atoms with Crippen molar-refractivity contribution in [1.29, 1.82) is 0 Å². The van der Waals surface area contributed by atoms with Gasteiger partial charge in [-0.2, -0.15) is 23.1 Å². The fourth-order valence-corrected chi connectivity index (χ4v) is 2.17. The van der Waals surface area contributed by atoms with E-state index in [9.17, 15) is 18.0 Å². The highest BCUT2D eigenvalue weighted by atomic mass is 35.5. The van der Waals surface area contributed by atoms with Crippen LogP contribution in [0.3, 0.4) is 0 Å². The fourth-order valence-electron chi connectivity index (χ4n) is 1.99. The van der Waals surface area contributed by atoms with E-state index in [1.807, 2.05) is 0 Å². The van der Waals surface area contributed by atoms with Gasteiger partial charge < -0.3 is 4.90 Å². The molecule has 124 valence electrons. The highest BCUT2D eigenvalue weighted by Crippen LogP contribution is 2.19. The number of benzene rings is 1. The summed E-state index contributed by atoms with van der Waals surface area (Å²) in [5.74, 6) is -0.810. The minimum absolute atomic E-state index is 0.0815. The van der Waals surface area contributed by atoms with Gasteiger partial charge in [0.15, 0.2) is 5.69 Å². The van der Waals surface area contributed by atoms with E-state index >= 15 is 0 Å². The van der Waals surface area contributed by atoms with Crippen LogP contribution in [-0.4, -0.2) is 45.1 Å². The lowest BCUT2D eigenvalue weighted by molar-refractivity contribution is -0.140. The lowest BCUT2D eigenvalue weighted by atomic mass is 10.3. The zero-order valence-corrected chi connectivity index (χ0v) is 13.2. The normalized spacial score (nSPS) is 11.6. The summed E-state index contributed by atoms with van der Waals surface area (Å²) in [5, 5.41) is 8.54. The van der Waals surface area contributed by atoms with Crippen LogP contribution in [0.4, 0.5) is 13.2 Å². The van der Waals surface area contributed by atoms with E-state index < -0.39 is 18.6 Å². The Labute approximate surface area is 135 Å². The van der Waals surface area contributed by atoms with Crippen LogP contribution in [0.25, 0.3) is 5.69 Å². The predicted octanol–water partition coefficient (Wildman–Crippen LogP) is 3.25. The van der Waals surface area contributed by atoms with Crippen molar-refractivity contribution in [3.8, 4) is 5.69 Å². The minimum atomic E-state index is -4.47. The highest BCUT2D eigenvalue weighted by Gasteiger charge is 2.34. The van der Waals surface area contributed by atoms with Crippen LogP contribution in [0.5, 0.6) is 0 Å². The van der Waals surface area contributed by atoms with E-state index in [1.54, 1.807) is 24.3 Å². The molecule has 0 saturated heterocycles. The molecule has 1 amide bonds. The maximum absolute atomic E-state index is 12.5. The van der Waals surface area contributed by atoms with Crippen LogP contribution in [0.2, 0.25) is 5.02 Å². The van der Waals surface area contributed by atoms with E-state index in [4.69, 9.17) is 11.6 Å². The maximum atomic E-state index is 12.5. The SMILES string of the molecule is CCN(CC(F)(F)F)C(=O)c1nn(-c2cccc(Cl)c2)nc1C. The number of hydrogen-bond donors (Lipinski definition) is 0. The molecule has 5 nitrogen and oxygen atoms in total. The first-order valence-electron chi connectivity index (χ1n) is 6.77. The van der Waals surface area contributed by atoms with Gasteiger partial charge in [0.2, 0.25) is 0 Å². The molecule has 1 heterocycles. The van der Waals surface area contributed by atoms with Crippen LogP contribution < -0.4 is 0 Å². The molecule has 0 fully saturated rings. The number of halogens is 4. The summed E-state index contributed by atoms with van der Waals surface area (Å²) < 4.78 is 37.6. The summed E-state index contributed by atoms with van der Waals surface area (Å²) in [7, 11) is 0. The molecule has 0 saturated carbocycles. The van der Waals surface area contributed by atoms with E-state index in [1.165, 1.54) is 18.6 Å². The van der Waals surface area contributed by atoms with Gasteiger partial charge in [0.1, 0.15) is 6.54 Å². The summed E-state index contributed by atoms with van der Waals surface area (Å²) in [5.41, 5.74) is 0.644. The second-order valence-corrected chi connectivity index (χ2v) is 5.27. The Morgan fingerprint density at radius 3 is 2.61 bits per heavy atom. The van der Waals surface area contributed by atoms with Crippen molar-refractivity contribution in [1.82, 2.24) is 19.9 Å². The number of carbonyl (C=O) groups is 1. The van der Waals surface area contributed by atoms with Crippen LogP contribution in [0, 0.1) is 6.92 Å². The van der Waals surface area contributed by atoms with Crippen molar-refractivity contribution in [2.45, 2.75) is 20.0 Å². The first-order valence-corrected chi connectivity index (χ1v) is 7.15. The zero-order chi connectivity index (χ0) is 17.2. The van der Waals surface area contributed by atoms with E-state index in [0.717, 1.165) is 0 Å². The predicted molar refractivity (Wildman–Crippen MR) is 78.7 cm³/mol. The Balaban J connectivity index is 2.31. The molecule has 0 aliphatic rings. The topological polar surface area (TPSA) is 51.0 Å². The molecule has 9 heteroatoms. The molecular formula is C14H14ClF3N4O. The van der Waals surface area contributed by atoms with Crippen LogP contribution in [0.1, 0.15) is 23.1 Å². The van der Waals surface area contributed by atoms with Crippen LogP contribution in [0.15, 0.2) is 24.3 Å². The monoisotopic (exact) mass is 346 g/mol. The van der Waals surface area contributed by atoms with Crippen molar-refractivity contribution in [3.05, 3.63) is 40.7 Å². The van der Waals surface area contributed by atoms with Gasteiger partial charge in [0, 0.05) is 11.6 Å². The average Bonchev–Trinajstić information content (AvgIpc) is 2.85. The zero-order valence-electron chi connectivity index (χ0n) is 12.4. The van der Waals surface area contributed by atoms with Gasteiger partial charge in [0.05, 0.1) is 11.4 Å². The lowest BCUT2D eigenvalue weighted by Gasteiger charge is -2.21. The molecule has 23 heavy (non-hydrogen) atoms. The maximum Gasteiger partial charge on any atom is 0.406 e. The first kappa shape index (κ1) is 17.3. The number of nitrogens with zero attached hydrogens (tertiary/aromatic N) is 4. The van der Waals surface area contributed by atoms with E-state index in [0.29, 0.717) is 15.6 Å². The smallest absolute Gasteiger partial charge is 0.328 e. The molecular weight excluding hydrogens is 333 g/mol. The number of alkyl halides is 3.